The first kappa shape index (κ1) is 20.1. The normalized spacial score (nSPS) is 13.0. The molecule has 0 saturated heterocycles. The zero-order valence-corrected chi connectivity index (χ0v) is 16.2. The van der Waals surface area contributed by atoms with E-state index in [1.54, 1.807) is 0 Å². The van der Waals surface area contributed by atoms with Crippen molar-refractivity contribution in [3.63, 3.8) is 0 Å². The Hall–Kier alpha value is -3.68. The number of benzene rings is 2. The molecule has 3 aromatic rings. The largest absolute Gasteiger partial charge is 0.383 e. The van der Waals surface area contributed by atoms with Gasteiger partial charge in [0.05, 0.1) is 5.92 Å². The third-order valence-electron chi connectivity index (χ3n) is 5.02. The van der Waals surface area contributed by atoms with Crippen LogP contribution in [0.1, 0.15) is 36.3 Å². The number of nitrogen functional groups attached to an aromatic ring is 3. The molecule has 2 unspecified atom stereocenters. The van der Waals surface area contributed by atoms with Crippen molar-refractivity contribution >= 4 is 17.6 Å². The van der Waals surface area contributed by atoms with E-state index in [4.69, 9.17) is 17.2 Å². The van der Waals surface area contributed by atoms with Crippen molar-refractivity contribution in [2.24, 2.45) is 0 Å². The second-order valence-corrected chi connectivity index (χ2v) is 7.10. The first-order chi connectivity index (χ1) is 13.8. The van der Waals surface area contributed by atoms with Crippen LogP contribution in [0.2, 0.25) is 0 Å². The van der Waals surface area contributed by atoms with Gasteiger partial charge in [-0.25, -0.2) is 0 Å². The van der Waals surface area contributed by atoms with E-state index in [1.165, 1.54) is 0 Å². The van der Waals surface area contributed by atoms with Gasteiger partial charge in [-0.15, -0.1) is 0 Å². The minimum atomic E-state index is -0.519. The van der Waals surface area contributed by atoms with Crippen LogP contribution in [0.4, 0.5) is 17.6 Å². The molecule has 0 aliphatic heterocycles. The lowest BCUT2D eigenvalue weighted by atomic mass is 9.85. The summed E-state index contributed by atoms with van der Waals surface area (Å²) in [7, 11) is 0. The van der Waals surface area contributed by atoms with E-state index in [9.17, 15) is 10.1 Å². The standard InChI is InChI=1S/C21H24N6O2/c1-13(14-7-9-16(10-8-14)15-5-3-2-4-6-15)11-17(12-27(28)29)18-19(22)25-21(24)26-20(18)23/h2-10,13,17H,11-12H2,1H3,(H6,22,23,24,25,26). The van der Waals surface area contributed by atoms with Gasteiger partial charge in [0.15, 0.2) is 0 Å². The van der Waals surface area contributed by atoms with Crippen molar-refractivity contribution in [2.45, 2.75) is 25.2 Å². The van der Waals surface area contributed by atoms with E-state index in [1.807, 2.05) is 37.3 Å². The maximum atomic E-state index is 11.3. The van der Waals surface area contributed by atoms with E-state index in [0.717, 1.165) is 16.7 Å². The molecule has 0 bridgehead atoms. The van der Waals surface area contributed by atoms with Crippen LogP contribution in [0, 0.1) is 10.1 Å². The number of nitro groups is 1. The molecule has 2 atom stereocenters. The lowest BCUT2D eigenvalue weighted by Gasteiger charge is -2.21. The summed E-state index contributed by atoms with van der Waals surface area (Å²) in [5, 5.41) is 11.3. The predicted molar refractivity (Wildman–Crippen MR) is 115 cm³/mol. The van der Waals surface area contributed by atoms with Gasteiger partial charge in [0.2, 0.25) is 12.5 Å². The van der Waals surface area contributed by atoms with Crippen LogP contribution in [0.5, 0.6) is 0 Å². The molecule has 0 saturated carbocycles. The highest BCUT2D eigenvalue weighted by Gasteiger charge is 2.27. The summed E-state index contributed by atoms with van der Waals surface area (Å²) >= 11 is 0. The molecule has 6 N–H and O–H groups in total. The predicted octanol–water partition coefficient (Wildman–Crippen LogP) is 3.44. The van der Waals surface area contributed by atoms with Gasteiger partial charge < -0.3 is 17.2 Å². The van der Waals surface area contributed by atoms with Crippen molar-refractivity contribution in [3.8, 4) is 11.1 Å². The van der Waals surface area contributed by atoms with E-state index in [-0.39, 0.29) is 35.0 Å². The highest BCUT2D eigenvalue weighted by Crippen LogP contribution is 2.35. The number of hydrogen-bond acceptors (Lipinski definition) is 7. The fourth-order valence-corrected chi connectivity index (χ4v) is 3.60. The van der Waals surface area contributed by atoms with Crippen LogP contribution >= 0.6 is 0 Å². The van der Waals surface area contributed by atoms with Crippen molar-refractivity contribution in [3.05, 3.63) is 75.8 Å². The van der Waals surface area contributed by atoms with Gasteiger partial charge in [0.1, 0.15) is 11.6 Å². The summed E-state index contributed by atoms with van der Waals surface area (Å²) in [4.78, 5) is 18.7. The van der Waals surface area contributed by atoms with Gasteiger partial charge in [-0.1, -0.05) is 61.5 Å². The SMILES string of the molecule is CC(CC(C[N+](=O)[O-])c1c(N)nc(N)nc1N)c1ccc(-c2ccccc2)cc1. The summed E-state index contributed by atoms with van der Waals surface area (Å²) in [5.74, 6) is -0.342. The Labute approximate surface area is 168 Å². The topological polar surface area (TPSA) is 147 Å². The van der Waals surface area contributed by atoms with Gasteiger partial charge in [0.25, 0.3) is 0 Å². The lowest BCUT2D eigenvalue weighted by molar-refractivity contribution is -0.483. The number of hydrogen-bond donors (Lipinski definition) is 3. The number of rotatable bonds is 7. The highest BCUT2D eigenvalue weighted by molar-refractivity contribution is 5.63. The Morgan fingerprint density at radius 1 is 0.931 bits per heavy atom. The summed E-state index contributed by atoms with van der Waals surface area (Å²) in [6.45, 7) is 1.71. The molecule has 0 amide bonds. The molecule has 2 aromatic carbocycles. The van der Waals surface area contributed by atoms with Crippen LogP contribution in [0.15, 0.2) is 54.6 Å². The zero-order valence-electron chi connectivity index (χ0n) is 16.2. The monoisotopic (exact) mass is 392 g/mol. The lowest BCUT2D eigenvalue weighted by Crippen LogP contribution is -2.20. The molecule has 1 aromatic heterocycles. The molecule has 0 spiro atoms. The molecule has 8 nitrogen and oxygen atoms in total. The second-order valence-electron chi connectivity index (χ2n) is 7.10. The second kappa shape index (κ2) is 8.55. The Balaban J connectivity index is 1.84. The maximum Gasteiger partial charge on any atom is 0.223 e. The number of nitrogens with two attached hydrogens (primary N) is 3. The number of aromatic nitrogens is 2. The van der Waals surface area contributed by atoms with Crippen LogP contribution in [-0.4, -0.2) is 21.4 Å². The Morgan fingerprint density at radius 3 is 2.03 bits per heavy atom. The molecular formula is C21H24N6O2. The molecule has 0 aliphatic rings. The molecular weight excluding hydrogens is 368 g/mol. The van der Waals surface area contributed by atoms with Crippen LogP contribution in [0.3, 0.4) is 0 Å². The Morgan fingerprint density at radius 2 is 1.48 bits per heavy atom. The third-order valence-corrected chi connectivity index (χ3v) is 5.02. The smallest absolute Gasteiger partial charge is 0.223 e. The Kier molecular flexibility index (Phi) is 5.92. The van der Waals surface area contributed by atoms with E-state index >= 15 is 0 Å². The van der Waals surface area contributed by atoms with Gasteiger partial charge in [-0.3, -0.25) is 10.1 Å². The number of nitrogens with zero attached hydrogens (tertiary/aromatic N) is 3. The summed E-state index contributed by atoms with van der Waals surface area (Å²) in [6, 6.07) is 18.3. The zero-order chi connectivity index (χ0) is 21.0. The van der Waals surface area contributed by atoms with E-state index in [2.05, 4.69) is 34.2 Å². The van der Waals surface area contributed by atoms with Crippen molar-refractivity contribution in [1.29, 1.82) is 0 Å². The highest BCUT2D eigenvalue weighted by atomic mass is 16.6. The van der Waals surface area contributed by atoms with Gasteiger partial charge in [-0.05, 0) is 29.0 Å². The first-order valence-corrected chi connectivity index (χ1v) is 9.30. The summed E-state index contributed by atoms with van der Waals surface area (Å²) < 4.78 is 0. The fraction of sp³-hybridized carbons (Fsp3) is 0.238. The van der Waals surface area contributed by atoms with Crippen LogP contribution < -0.4 is 17.2 Å². The van der Waals surface area contributed by atoms with Gasteiger partial charge in [-0.2, -0.15) is 9.97 Å². The molecule has 150 valence electrons. The quantitative estimate of drug-likeness (QED) is 0.412. The van der Waals surface area contributed by atoms with Gasteiger partial charge in [0, 0.05) is 10.5 Å². The van der Waals surface area contributed by atoms with Crippen molar-refractivity contribution in [2.75, 3.05) is 23.7 Å². The van der Waals surface area contributed by atoms with E-state index in [0.29, 0.717) is 12.0 Å². The van der Waals surface area contributed by atoms with Crippen LogP contribution in [-0.2, 0) is 0 Å². The molecule has 29 heavy (non-hydrogen) atoms. The third kappa shape index (κ3) is 4.78. The van der Waals surface area contributed by atoms with Crippen molar-refractivity contribution in [1.82, 2.24) is 9.97 Å². The number of anilines is 3. The Bertz CT molecular complexity index is 969. The minimum absolute atomic E-state index is 0.0427. The average Bonchev–Trinajstić information content (AvgIpc) is 2.67. The fourth-order valence-electron chi connectivity index (χ4n) is 3.60. The molecule has 0 aliphatic carbocycles. The molecule has 0 fully saturated rings. The van der Waals surface area contributed by atoms with E-state index < -0.39 is 5.92 Å². The van der Waals surface area contributed by atoms with Crippen LogP contribution in [0.25, 0.3) is 11.1 Å². The summed E-state index contributed by atoms with van der Waals surface area (Å²) in [6.07, 6.45) is 0.480. The molecule has 8 heteroatoms. The molecule has 1 heterocycles. The van der Waals surface area contributed by atoms with Crippen molar-refractivity contribution < 1.29 is 4.92 Å². The summed E-state index contributed by atoms with van der Waals surface area (Å²) in [5.41, 5.74) is 21.2. The molecule has 3 rings (SSSR count). The average molecular weight is 392 g/mol. The minimum Gasteiger partial charge on any atom is -0.383 e. The van der Waals surface area contributed by atoms with Gasteiger partial charge >= 0.3 is 0 Å². The molecule has 0 radical (unpaired) electrons. The first-order valence-electron chi connectivity index (χ1n) is 9.30. The maximum absolute atomic E-state index is 11.3.